The highest BCUT2D eigenvalue weighted by Gasteiger charge is 2.07. The Morgan fingerprint density at radius 1 is 1.50 bits per heavy atom. The molecule has 0 unspecified atom stereocenters. The third-order valence-corrected chi connectivity index (χ3v) is 1.79. The lowest BCUT2D eigenvalue weighted by Gasteiger charge is -1.98. The number of methoxy groups -OCH3 is 1. The highest BCUT2D eigenvalue weighted by Crippen LogP contribution is 2.09. The van der Waals surface area contributed by atoms with Gasteiger partial charge in [-0.3, -0.25) is 0 Å². The minimum Gasteiger partial charge on any atom is -0.464 e. The van der Waals surface area contributed by atoms with Crippen LogP contribution in [0.25, 0.3) is 10.9 Å². The predicted octanol–water partition coefficient (Wildman–Crippen LogP) is 0.811. The Morgan fingerprint density at radius 2 is 2.36 bits per heavy atom. The summed E-state index contributed by atoms with van der Waals surface area (Å²) in [6.45, 7) is 0. The summed E-state index contributed by atoms with van der Waals surface area (Å²) >= 11 is 0. The molecule has 0 atom stereocenters. The smallest absolute Gasteiger partial charge is 0.356 e. The summed E-state index contributed by atoms with van der Waals surface area (Å²) in [6.07, 6.45) is 3.14. The number of aromatic nitrogens is 3. The van der Waals surface area contributed by atoms with E-state index in [1.54, 1.807) is 24.5 Å². The topological polar surface area (TPSA) is 65.0 Å². The molecule has 0 spiro atoms. The van der Waals surface area contributed by atoms with Crippen molar-refractivity contribution in [3.63, 3.8) is 0 Å². The number of carbonyl (C=O) groups is 1. The first-order chi connectivity index (χ1) is 6.81. The molecule has 0 aliphatic heterocycles. The summed E-state index contributed by atoms with van der Waals surface area (Å²) in [5.74, 6) is -0.474. The van der Waals surface area contributed by atoms with E-state index < -0.39 is 5.97 Å². The number of carbonyl (C=O) groups excluding carboxylic acids is 1. The van der Waals surface area contributed by atoms with Gasteiger partial charge in [0.25, 0.3) is 0 Å². The van der Waals surface area contributed by atoms with E-state index in [0.29, 0.717) is 5.52 Å². The average molecular weight is 189 g/mol. The first kappa shape index (κ1) is 8.55. The van der Waals surface area contributed by atoms with Crippen LogP contribution in [0.15, 0.2) is 24.5 Å². The van der Waals surface area contributed by atoms with Crippen LogP contribution in [-0.2, 0) is 4.74 Å². The van der Waals surface area contributed by atoms with Crippen LogP contribution < -0.4 is 0 Å². The van der Waals surface area contributed by atoms with E-state index in [1.807, 2.05) is 0 Å². The molecule has 0 fully saturated rings. The number of esters is 1. The third kappa shape index (κ3) is 1.39. The maximum Gasteiger partial charge on any atom is 0.356 e. The van der Waals surface area contributed by atoms with Crippen molar-refractivity contribution in [3.05, 3.63) is 30.2 Å². The van der Waals surface area contributed by atoms with Crippen LogP contribution in [0.3, 0.4) is 0 Å². The maximum atomic E-state index is 11.1. The van der Waals surface area contributed by atoms with Crippen molar-refractivity contribution >= 4 is 16.9 Å². The second-order valence-corrected chi connectivity index (χ2v) is 2.65. The van der Waals surface area contributed by atoms with E-state index in [1.165, 1.54) is 7.11 Å². The number of nitrogens with zero attached hydrogens (tertiary/aromatic N) is 3. The molecule has 0 bridgehead atoms. The summed E-state index contributed by atoms with van der Waals surface area (Å²) in [6, 6.07) is 3.32. The van der Waals surface area contributed by atoms with Crippen molar-refractivity contribution in [2.75, 3.05) is 7.11 Å². The molecule has 0 aromatic carbocycles. The molecule has 14 heavy (non-hydrogen) atoms. The van der Waals surface area contributed by atoms with E-state index in [0.717, 1.165) is 5.39 Å². The van der Waals surface area contributed by atoms with Crippen LogP contribution >= 0.6 is 0 Å². The van der Waals surface area contributed by atoms with Gasteiger partial charge in [-0.05, 0) is 12.1 Å². The Hall–Kier alpha value is -2.04. The summed E-state index contributed by atoms with van der Waals surface area (Å²) in [5, 5.41) is 8.41. The van der Waals surface area contributed by atoms with Gasteiger partial charge in [0.2, 0.25) is 0 Å². The zero-order valence-electron chi connectivity index (χ0n) is 7.47. The van der Waals surface area contributed by atoms with Crippen molar-refractivity contribution in [2.45, 2.75) is 0 Å². The van der Waals surface area contributed by atoms with Crippen molar-refractivity contribution in [1.82, 2.24) is 15.2 Å². The van der Waals surface area contributed by atoms with Crippen molar-refractivity contribution in [2.24, 2.45) is 0 Å². The van der Waals surface area contributed by atoms with Crippen LogP contribution in [0.4, 0.5) is 0 Å². The minimum absolute atomic E-state index is 0.237. The molecule has 2 heterocycles. The number of pyridine rings is 1. The molecule has 0 aliphatic carbocycles. The highest BCUT2D eigenvalue weighted by molar-refractivity contribution is 5.91. The molecule has 0 radical (unpaired) electrons. The van der Waals surface area contributed by atoms with Gasteiger partial charge in [0, 0.05) is 11.6 Å². The fourth-order valence-corrected chi connectivity index (χ4v) is 1.10. The Balaban J connectivity index is 2.56. The van der Waals surface area contributed by atoms with Gasteiger partial charge in [-0.1, -0.05) is 0 Å². The molecule has 5 nitrogen and oxygen atoms in total. The molecule has 2 aromatic rings. The van der Waals surface area contributed by atoms with E-state index in [-0.39, 0.29) is 5.69 Å². The molecule has 0 saturated heterocycles. The standard InChI is InChI=1S/C9H7N3O2/c1-14-9(13)8-4-7-6(5-10-8)2-3-11-12-7/h2-5H,1H3. The Morgan fingerprint density at radius 3 is 3.14 bits per heavy atom. The van der Waals surface area contributed by atoms with Gasteiger partial charge in [0.15, 0.2) is 5.69 Å². The summed E-state index contributed by atoms with van der Waals surface area (Å²) in [7, 11) is 1.31. The van der Waals surface area contributed by atoms with Gasteiger partial charge in [0.05, 0.1) is 18.8 Å². The molecular weight excluding hydrogens is 182 g/mol. The second kappa shape index (κ2) is 3.37. The molecule has 5 heteroatoms. The first-order valence-corrected chi connectivity index (χ1v) is 3.97. The quantitative estimate of drug-likeness (QED) is 0.621. The van der Waals surface area contributed by atoms with Crippen LogP contribution in [0.5, 0.6) is 0 Å². The molecule has 0 aliphatic rings. The number of hydrogen-bond donors (Lipinski definition) is 0. The number of hydrogen-bond acceptors (Lipinski definition) is 5. The van der Waals surface area contributed by atoms with Crippen molar-refractivity contribution in [1.29, 1.82) is 0 Å². The van der Waals surface area contributed by atoms with Crippen LogP contribution in [0.2, 0.25) is 0 Å². The van der Waals surface area contributed by atoms with Crippen LogP contribution in [0.1, 0.15) is 10.5 Å². The third-order valence-electron chi connectivity index (χ3n) is 1.79. The fourth-order valence-electron chi connectivity index (χ4n) is 1.10. The van der Waals surface area contributed by atoms with E-state index in [2.05, 4.69) is 19.9 Å². The Kier molecular flexibility index (Phi) is 2.06. The SMILES string of the molecule is COC(=O)c1cc2nnccc2cn1. The summed E-state index contributed by atoms with van der Waals surface area (Å²) in [5.41, 5.74) is 0.864. The molecule has 2 aromatic heterocycles. The van der Waals surface area contributed by atoms with Gasteiger partial charge >= 0.3 is 5.97 Å². The zero-order valence-corrected chi connectivity index (χ0v) is 7.47. The fraction of sp³-hybridized carbons (Fsp3) is 0.111. The van der Waals surface area contributed by atoms with Crippen molar-refractivity contribution < 1.29 is 9.53 Å². The van der Waals surface area contributed by atoms with E-state index in [9.17, 15) is 4.79 Å². The van der Waals surface area contributed by atoms with Crippen LogP contribution in [0, 0.1) is 0 Å². The van der Waals surface area contributed by atoms with Gasteiger partial charge < -0.3 is 4.74 Å². The second-order valence-electron chi connectivity index (χ2n) is 2.65. The summed E-state index contributed by atoms with van der Waals surface area (Å²) < 4.78 is 4.54. The summed E-state index contributed by atoms with van der Waals surface area (Å²) in [4.78, 5) is 15.1. The molecule has 0 saturated carbocycles. The van der Waals surface area contributed by atoms with E-state index in [4.69, 9.17) is 0 Å². The molecular formula is C9H7N3O2. The molecule has 70 valence electrons. The van der Waals surface area contributed by atoms with Gasteiger partial charge in [-0.15, -0.1) is 0 Å². The van der Waals surface area contributed by atoms with Gasteiger partial charge in [-0.2, -0.15) is 10.2 Å². The zero-order chi connectivity index (χ0) is 9.97. The minimum atomic E-state index is -0.474. The lowest BCUT2D eigenvalue weighted by atomic mass is 10.2. The lowest BCUT2D eigenvalue weighted by Crippen LogP contribution is -2.03. The number of ether oxygens (including phenoxy) is 1. The molecule has 2 rings (SSSR count). The molecule has 0 amide bonds. The largest absolute Gasteiger partial charge is 0.464 e. The Labute approximate surface area is 79.7 Å². The molecule has 0 N–H and O–H groups in total. The van der Waals surface area contributed by atoms with Crippen molar-refractivity contribution in [3.8, 4) is 0 Å². The van der Waals surface area contributed by atoms with Crippen LogP contribution in [-0.4, -0.2) is 28.3 Å². The first-order valence-electron chi connectivity index (χ1n) is 3.97. The Bertz CT molecular complexity index is 484. The number of rotatable bonds is 1. The highest BCUT2D eigenvalue weighted by atomic mass is 16.5. The van der Waals surface area contributed by atoms with Gasteiger partial charge in [0.1, 0.15) is 0 Å². The van der Waals surface area contributed by atoms with Gasteiger partial charge in [-0.25, -0.2) is 9.78 Å². The predicted molar refractivity (Wildman–Crippen MR) is 48.7 cm³/mol. The average Bonchev–Trinajstić information content (AvgIpc) is 2.27. The number of fused-ring (bicyclic) bond motifs is 1. The van der Waals surface area contributed by atoms with E-state index >= 15 is 0 Å². The normalized spacial score (nSPS) is 10.1. The maximum absolute atomic E-state index is 11.1. The lowest BCUT2D eigenvalue weighted by molar-refractivity contribution is 0.0594. The monoisotopic (exact) mass is 189 g/mol.